The normalized spacial score (nSPS) is 16.9. The predicted octanol–water partition coefficient (Wildman–Crippen LogP) is 3.84. The molecule has 1 N–H and O–H groups in total. The maximum atomic E-state index is 5.92. The summed E-state index contributed by atoms with van der Waals surface area (Å²) in [6.45, 7) is 1.96. The second kappa shape index (κ2) is 6.29. The Labute approximate surface area is 127 Å². The van der Waals surface area contributed by atoms with Crippen molar-refractivity contribution in [3.8, 4) is 5.75 Å². The zero-order valence-corrected chi connectivity index (χ0v) is 12.6. The second-order valence-electron chi connectivity index (χ2n) is 4.76. The summed E-state index contributed by atoms with van der Waals surface area (Å²) < 4.78 is 12.7. The van der Waals surface area contributed by atoms with Gasteiger partial charge in [-0.25, -0.2) is 0 Å². The summed E-state index contributed by atoms with van der Waals surface area (Å²) in [6.07, 6.45) is 0.0485. The largest absolute Gasteiger partial charge is 0.484 e. The number of nitrogens with one attached hydrogen (secondary N) is 1. The minimum absolute atomic E-state index is 0.0485. The molecule has 0 aromatic heterocycles. The van der Waals surface area contributed by atoms with Crippen molar-refractivity contribution >= 4 is 21.6 Å². The smallest absolute Gasteiger partial charge is 0.143 e. The van der Waals surface area contributed by atoms with E-state index in [-0.39, 0.29) is 6.10 Å². The van der Waals surface area contributed by atoms with E-state index in [0.717, 1.165) is 22.5 Å². The zero-order chi connectivity index (χ0) is 13.8. The summed E-state index contributed by atoms with van der Waals surface area (Å²) in [5.41, 5.74) is 2.21. The Morgan fingerprint density at radius 3 is 2.90 bits per heavy atom. The highest BCUT2D eigenvalue weighted by molar-refractivity contribution is 9.10. The van der Waals surface area contributed by atoms with E-state index in [1.165, 1.54) is 5.56 Å². The SMILES string of the molecule is Brc1ccc2c(c1)NCC(COCc1ccccc1)O2. The highest BCUT2D eigenvalue weighted by Gasteiger charge is 2.19. The highest BCUT2D eigenvalue weighted by Crippen LogP contribution is 2.31. The molecule has 1 aliphatic rings. The monoisotopic (exact) mass is 333 g/mol. The van der Waals surface area contributed by atoms with Crippen LogP contribution in [0.5, 0.6) is 5.75 Å². The molecule has 20 heavy (non-hydrogen) atoms. The lowest BCUT2D eigenvalue weighted by Gasteiger charge is -2.27. The number of hydrogen-bond donors (Lipinski definition) is 1. The van der Waals surface area contributed by atoms with Crippen molar-refractivity contribution in [2.75, 3.05) is 18.5 Å². The number of benzene rings is 2. The van der Waals surface area contributed by atoms with E-state index >= 15 is 0 Å². The second-order valence-corrected chi connectivity index (χ2v) is 5.68. The molecule has 0 bridgehead atoms. The van der Waals surface area contributed by atoms with Crippen molar-refractivity contribution < 1.29 is 9.47 Å². The number of fused-ring (bicyclic) bond motifs is 1. The van der Waals surface area contributed by atoms with E-state index in [4.69, 9.17) is 9.47 Å². The third-order valence-electron chi connectivity index (χ3n) is 3.17. The Kier molecular flexibility index (Phi) is 4.23. The predicted molar refractivity (Wildman–Crippen MR) is 83.1 cm³/mol. The Bertz CT molecular complexity index is 574. The Morgan fingerprint density at radius 1 is 1.20 bits per heavy atom. The van der Waals surface area contributed by atoms with Gasteiger partial charge in [0.2, 0.25) is 0 Å². The van der Waals surface area contributed by atoms with Gasteiger partial charge in [-0.1, -0.05) is 46.3 Å². The molecular weight excluding hydrogens is 318 g/mol. The van der Waals surface area contributed by atoms with Crippen molar-refractivity contribution in [3.63, 3.8) is 0 Å². The van der Waals surface area contributed by atoms with Crippen molar-refractivity contribution in [2.45, 2.75) is 12.7 Å². The van der Waals surface area contributed by atoms with Gasteiger partial charge in [0.1, 0.15) is 11.9 Å². The van der Waals surface area contributed by atoms with Crippen molar-refractivity contribution in [3.05, 3.63) is 58.6 Å². The topological polar surface area (TPSA) is 30.5 Å². The fraction of sp³-hybridized carbons (Fsp3) is 0.250. The molecule has 0 saturated carbocycles. The summed E-state index contributed by atoms with van der Waals surface area (Å²) in [6, 6.07) is 16.1. The molecule has 1 atom stereocenters. The molecule has 0 spiro atoms. The van der Waals surface area contributed by atoms with Crippen LogP contribution in [0.1, 0.15) is 5.56 Å². The number of rotatable bonds is 4. The molecule has 0 amide bonds. The van der Waals surface area contributed by atoms with Crippen LogP contribution in [0.3, 0.4) is 0 Å². The van der Waals surface area contributed by atoms with Gasteiger partial charge in [0.05, 0.1) is 25.4 Å². The van der Waals surface area contributed by atoms with Crippen molar-refractivity contribution in [2.24, 2.45) is 0 Å². The molecule has 1 unspecified atom stereocenters. The molecule has 3 rings (SSSR count). The number of hydrogen-bond acceptors (Lipinski definition) is 3. The maximum Gasteiger partial charge on any atom is 0.143 e. The zero-order valence-electron chi connectivity index (χ0n) is 11.0. The Hall–Kier alpha value is -1.52. The molecule has 104 valence electrons. The fourth-order valence-corrected chi connectivity index (χ4v) is 2.52. The van der Waals surface area contributed by atoms with Gasteiger partial charge in [-0.3, -0.25) is 0 Å². The first kappa shape index (κ1) is 13.5. The van der Waals surface area contributed by atoms with E-state index < -0.39 is 0 Å². The van der Waals surface area contributed by atoms with Crippen LogP contribution in [0.4, 0.5) is 5.69 Å². The molecule has 1 aliphatic heterocycles. The van der Waals surface area contributed by atoms with Gasteiger partial charge in [0, 0.05) is 4.47 Å². The standard InChI is InChI=1S/C16H16BrNO2/c17-13-6-7-16-15(8-13)18-9-14(20-16)11-19-10-12-4-2-1-3-5-12/h1-8,14,18H,9-11H2. The van der Waals surface area contributed by atoms with Gasteiger partial charge >= 0.3 is 0 Å². The van der Waals surface area contributed by atoms with E-state index in [1.807, 2.05) is 36.4 Å². The Morgan fingerprint density at radius 2 is 2.05 bits per heavy atom. The first-order chi connectivity index (χ1) is 9.81. The van der Waals surface area contributed by atoms with Gasteiger partial charge in [-0.05, 0) is 23.8 Å². The molecule has 0 saturated heterocycles. The minimum Gasteiger partial charge on any atom is -0.484 e. The lowest BCUT2D eigenvalue weighted by molar-refractivity contribution is 0.0441. The highest BCUT2D eigenvalue weighted by atomic mass is 79.9. The van der Waals surface area contributed by atoms with E-state index in [9.17, 15) is 0 Å². The van der Waals surface area contributed by atoms with E-state index in [0.29, 0.717) is 13.2 Å². The van der Waals surface area contributed by atoms with E-state index in [2.05, 4.69) is 33.4 Å². The third kappa shape index (κ3) is 3.32. The van der Waals surface area contributed by atoms with Gasteiger partial charge in [0.25, 0.3) is 0 Å². The lowest BCUT2D eigenvalue weighted by atomic mass is 10.2. The van der Waals surface area contributed by atoms with Crippen LogP contribution in [0.15, 0.2) is 53.0 Å². The van der Waals surface area contributed by atoms with Crippen LogP contribution in [0.25, 0.3) is 0 Å². The number of ether oxygens (including phenoxy) is 2. The molecule has 4 heteroatoms. The van der Waals surface area contributed by atoms with Crippen molar-refractivity contribution in [1.29, 1.82) is 0 Å². The molecule has 0 fully saturated rings. The number of halogens is 1. The summed E-state index contributed by atoms with van der Waals surface area (Å²) in [4.78, 5) is 0. The third-order valence-corrected chi connectivity index (χ3v) is 3.66. The van der Waals surface area contributed by atoms with Crippen LogP contribution in [-0.4, -0.2) is 19.3 Å². The lowest BCUT2D eigenvalue weighted by Crippen LogP contribution is -2.34. The molecule has 1 heterocycles. The fourth-order valence-electron chi connectivity index (χ4n) is 2.16. The van der Waals surface area contributed by atoms with Crippen LogP contribution in [-0.2, 0) is 11.3 Å². The quantitative estimate of drug-likeness (QED) is 0.922. The van der Waals surface area contributed by atoms with Crippen LogP contribution in [0.2, 0.25) is 0 Å². The molecule has 2 aromatic carbocycles. The summed E-state index contributed by atoms with van der Waals surface area (Å²) in [5.74, 6) is 0.882. The average molecular weight is 334 g/mol. The molecule has 2 aromatic rings. The maximum absolute atomic E-state index is 5.92. The van der Waals surface area contributed by atoms with E-state index in [1.54, 1.807) is 0 Å². The van der Waals surface area contributed by atoms with Gasteiger partial charge in [-0.2, -0.15) is 0 Å². The summed E-state index contributed by atoms with van der Waals surface area (Å²) in [7, 11) is 0. The summed E-state index contributed by atoms with van der Waals surface area (Å²) >= 11 is 3.45. The van der Waals surface area contributed by atoms with Gasteiger partial charge < -0.3 is 14.8 Å². The van der Waals surface area contributed by atoms with Crippen LogP contribution >= 0.6 is 15.9 Å². The van der Waals surface area contributed by atoms with Crippen molar-refractivity contribution in [1.82, 2.24) is 0 Å². The first-order valence-electron chi connectivity index (χ1n) is 6.63. The molecule has 0 radical (unpaired) electrons. The summed E-state index contributed by atoms with van der Waals surface area (Å²) in [5, 5.41) is 3.37. The number of anilines is 1. The average Bonchev–Trinajstić information content (AvgIpc) is 2.48. The first-order valence-corrected chi connectivity index (χ1v) is 7.42. The molecule has 3 nitrogen and oxygen atoms in total. The minimum atomic E-state index is 0.0485. The van der Waals surface area contributed by atoms with Gasteiger partial charge in [-0.15, -0.1) is 0 Å². The molecule has 0 aliphatic carbocycles. The molecular formula is C16H16BrNO2. The Balaban J connectivity index is 1.52. The van der Waals surface area contributed by atoms with Crippen LogP contribution in [0, 0.1) is 0 Å². The van der Waals surface area contributed by atoms with Gasteiger partial charge in [0.15, 0.2) is 0 Å². The van der Waals surface area contributed by atoms with Crippen LogP contribution < -0.4 is 10.1 Å².